The third kappa shape index (κ3) is 7.10. The first-order valence-electron chi connectivity index (χ1n) is 4.58. The Morgan fingerprint density at radius 2 is 1.75 bits per heavy atom. The third-order valence-corrected chi connectivity index (χ3v) is 4.23. The average Bonchev–Trinajstić information content (AvgIpc) is 2.01. The van der Waals surface area contributed by atoms with Gasteiger partial charge in [-0.2, -0.15) is 0 Å². The fraction of sp³-hybridized carbons (Fsp3) is 1.00. The molecule has 0 rings (SSSR count). The molecule has 0 aliphatic heterocycles. The normalized spacial score (nSPS) is 14.8. The smallest absolute Gasteiger partial charge is 0.134 e. The highest BCUT2D eigenvalue weighted by molar-refractivity contribution is 6.39. The number of halogens is 1. The molecule has 12 heavy (non-hydrogen) atoms. The summed E-state index contributed by atoms with van der Waals surface area (Å²) in [6.45, 7) is 7.46. The molecule has 0 aromatic rings. The van der Waals surface area contributed by atoms with Crippen LogP contribution in [-0.4, -0.2) is 34.0 Å². The Morgan fingerprint density at radius 1 is 1.25 bits per heavy atom. The Morgan fingerprint density at radius 3 is 2.08 bits per heavy atom. The molecule has 74 valence electrons. The van der Waals surface area contributed by atoms with E-state index >= 15 is 0 Å². The predicted molar refractivity (Wildman–Crippen MR) is 55.7 cm³/mol. The number of rotatable bonds is 7. The molecule has 0 N–H and O–H groups in total. The van der Waals surface area contributed by atoms with Gasteiger partial charge in [0.05, 0.1) is 9.52 Å². The molecule has 0 aliphatic carbocycles. The van der Waals surface area contributed by atoms with E-state index in [4.69, 9.17) is 21.1 Å². The van der Waals surface area contributed by atoms with E-state index < -0.39 is 0 Å². The molecule has 0 heterocycles. The first-order chi connectivity index (χ1) is 5.70. The maximum absolute atomic E-state index is 5.85. The fourth-order valence-electron chi connectivity index (χ4n) is 0.952. The SMILES string of the molecule is CCOC(OCC)[SiH2]CC(C)Cl. The van der Waals surface area contributed by atoms with Gasteiger partial charge in [0.25, 0.3) is 0 Å². The molecule has 0 aromatic heterocycles. The van der Waals surface area contributed by atoms with Crippen molar-refractivity contribution in [1.82, 2.24) is 0 Å². The van der Waals surface area contributed by atoms with Crippen molar-refractivity contribution >= 4 is 21.1 Å². The molecule has 0 radical (unpaired) electrons. The van der Waals surface area contributed by atoms with Crippen LogP contribution in [0.5, 0.6) is 0 Å². The zero-order valence-corrected chi connectivity index (χ0v) is 10.3. The van der Waals surface area contributed by atoms with Crippen molar-refractivity contribution in [2.75, 3.05) is 13.2 Å². The zero-order valence-electron chi connectivity index (χ0n) is 8.18. The minimum atomic E-state index is -0.321. The summed E-state index contributed by atoms with van der Waals surface area (Å²) in [5.74, 6) is 0.0706. The van der Waals surface area contributed by atoms with Crippen LogP contribution in [0.3, 0.4) is 0 Å². The lowest BCUT2D eigenvalue weighted by atomic mass is 10.6. The molecule has 0 fully saturated rings. The Hall–Kier alpha value is 0.427. The lowest BCUT2D eigenvalue weighted by Crippen LogP contribution is -2.25. The van der Waals surface area contributed by atoms with E-state index in [0.717, 1.165) is 19.3 Å². The van der Waals surface area contributed by atoms with Gasteiger partial charge >= 0.3 is 0 Å². The molecule has 0 saturated carbocycles. The van der Waals surface area contributed by atoms with Crippen LogP contribution >= 0.6 is 11.6 Å². The van der Waals surface area contributed by atoms with Gasteiger partial charge in [0.1, 0.15) is 5.91 Å². The molecule has 2 nitrogen and oxygen atoms in total. The summed E-state index contributed by atoms with van der Waals surface area (Å²) in [6.07, 6.45) is 0. The van der Waals surface area contributed by atoms with Crippen LogP contribution < -0.4 is 0 Å². The molecule has 0 aliphatic rings. The Balaban J connectivity index is 3.48. The second-order valence-electron chi connectivity index (χ2n) is 2.70. The molecule has 1 unspecified atom stereocenters. The van der Waals surface area contributed by atoms with Crippen LogP contribution in [0.25, 0.3) is 0 Å². The Labute approximate surface area is 82.4 Å². The van der Waals surface area contributed by atoms with Gasteiger partial charge in [0.15, 0.2) is 0 Å². The van der Waals surface area contributed by atoms with Gasteiger partial charge in [-0.1, -0.05) is 0 Å². The summed E-state index contributed by atoms with van der Waals surface area (Å²) in [5.41, 5.74) is 0. The van der Waals surface area contributed by atoms with Gasteiger partial charge in [0.2, 0.25) is 0 Å². The fourth-order valence-corrected chi connectivity index (χ4v) is 2.87. The van der Waals surface area contributed by atoms with Gasteiger partial charge in [-0.3, -0.25) is 0 Å². The van der Waals surface area contributed by atoms with Gasteiger partial charge in [-0.15, -0.1) is 11.6 Å². The summed E-state index contributed by atoms with van der Waals surface area (Å²) in [5, 5.41) is 0.264. The summed E-state index contributed by atoms with van der Waals surface area (Å²) in [7, 11) is -0.321. The van der Waals surface area contributed by atoms with Crippen molar-refractivity contribution in [3.63, 3.8) is 0 Å². The largest absolute Gasteiger partial charge is 0.357 e. The lowest BCUT2D eigenvalue weighted by molar-refractivity contribution is -0.0827. The van der Waals surface area contributed by atoms with Crippen molar-refractivity contribution in [3.05, 3.63) is 0 Å². The van der Waals surface area contributed by atoms with Crippen LogP contribution in [0.1, 0.15) is 20.8 Å². The standard InChI is InChI=1S/C8H19ClO2Si/c1-4-10-8(11-5-2)12-6-7(3)9/h7-8H,4-6,12H2,1-3H3. The highest BCUT2D eigenvalue weighted by Gasteiger charge is 2.09. The van der Waals surface area contributed by atoms with Crippen LogP contribution in [-0.2, 0) is 9.47 Å². The maximum atomic E-state index is 5.85. The molecular formula is C8H19ClO2Si. The third-order valence-electron chi connectivity index (χ3n) is 1.51. The van der Waals surface area contributed by atoms with E-state index in [0.29, 0.717) is 0 Å². The van der Waals surface area contributed by atoms with Gasteiger partial charge in [-0.05, 0) is 26.8 Å². The zero-order chi connectivity index (χ0) is 9.40. The van der Waals surface area contributed by atoms with Gasteiger partial charge in [-0.25, -0.2) is 0 Å². The second kappa shape index (κ2) is 8.04. The van der Waals surface area contributed by atoms with Gasteiger partial charge in [0, 0.05) is 18.6 Å². The Bertz CT molecular complexity index is 95.1. The molecule has 4 heteroatoms. The van der Waals surface area contributed by atoms with Crippen molar-refractivity contribution in [2.24, 2.45) is 0 Å². The maximum Gasteiger partial charge on any atom is 0.134 e. The van der Waals surface area contributed by atoms with Gasteiger partial charge < -0.3 is 9.47 Å². The molecule has 0 aromatic carbocycles. The number of ether oxygens (including phenoxy) is 2. The van der Waals surface area contributed by atoms with E-state index in [-0.39, 0.29) is 20.8 Å². The summed E-state index contributed by atoms with van der Waals surface area (Å²) >= 11 is 5.85. The van der Waals surface area contributed by atoms with Crippen molar-refractivity contribution < 1.29 is 9.47 Å². The van der Waals surface area contributed by atoms with Crippen molar-refractivity contribution in [2.45, 2.75) is 38.1 Å². The molecule has 1 atom stereocenters. The van der Waals surface area contributed by atoms with E-state index in [2.05, 4.69) is 0 Å². The molecular weight excluding hydrogens is 192 g/mol. The molecule has 0 spiro atoms. The summed E-state index contributed by atoms with van der Waals surface area (Å²) < 4.78 is 10.8. The van der Waals surface area contributed by atoms with E-state index in [1.54, 1.807) is 0 Å². The first kappa shape index (κ1) is 12.4. The number of hydrogen-bond acceptors (Lipinski definition) is 2. The van der Waals surface area contributed by atoms with Crippen LogP contribution in [0.4, 0.5) is 0 Å². The van der Waals surface area contributed by atoms with Crippen LogP contribution in [0.2, 0.25) is 6.04 Å². The highest BCUT2D eigenvalue weighted by atomic mass is 35.5. The van der Waals surface area contributed by atoms with E-state index in [9.17, 15) is 0 Å². The molecule has 0 saturated heterocycles. The summed E-state index contributed by atoms with van der Waals surface area (Å²) in [4.78, 5) is 0. The van der Waals surface area contributed by atoms with E-state index in [1.165, 1.54) is 0 Å². The van der Waals surface area contributed by atoms with Crippen LogP contribution in [0, 0.1) is 0 Å². The first-order valence-corrected chi connectivity index (χ1v) is 6.83. The minimum Gasteiger partial charge on any atom is -0.357 e. The predicted octanol–water partition coefficient (Wildman–Crippen LogP) is 1.56. The monoisotopic (exact) mass is 210 g/mol. The van der Waals surface area contributed by atoms with Crippen molar-refractivity contribution in [1.29, 1.82) is 0 Å². The minimum absolute atomic E-state index is 0.0706. The average molecular weight is 211 g/mol. The molecule has 0 amide bonds. The number of hydrogen-bond donors (Lipinski definition) is 0. The van der Waals surface area contributed by atoms with Crippen LogP contribution in [0.15, 0.2) is 0 Å². The summed E-state index contributed by atoms with van der Waals surface area (Å²) in [6, 6.07) is 1.08. The highest BCUT2D eigenvalue weighted by Crippen LogP contribution is 2.03. The lowest BCUT2D eigenvalue weighted by Gasteiger charge is -2.16. The number of alkyl halides is 1. The quantitative estimate of drug-likeness (QED) is 0.361. The topological polar surface area (TPSA) is 18.5 Å². The van der Waals surface area contributed by atoms with E-state index in [1.807, 2.05) is 20.8 Å². The Kier molecular flexibility index (Phi) is 8.33. The molecule has 0 bridgehead atoms. The second-order valence-corrected chi connectivity index (χ2v) is 5.26. The van der Waals surface area contributed by atoms with Crippen molar-refractivity contribution in [3.8, 4) is 0 Å².